The van der Waals surface area contributed by atoms with E-state index in [0.717, 1.165) is 34.1 Å². The molecule has 0 amide bonds. The lowest BCUT2D eigenvalue weighted by molar-refractivity contribution is 0.506. The Morgan fingerprint density at radius 3 is 1.11 bits per heavy atom. The highest BCUT2D eigenvalue weighted by molar-refractivity contribution is 7.27. The molecule has 0 aliphatic rings. The van der Waals surface area contributed by atoms with E-state index in [1.54, 1.807) is 0 Å². The molecule has 0 spiro atoms. The maximum absolute atomic E-state index is 6.12. The summed E-state index contributed by atoms with van der Waals surface area (Å²) >= 11 is 0. The number of benzene rings is 4. The summed E-state index contributed by atoms with van der Waals surface area (Å²) in [5, 5.41) is 0. The predicted octanol–water partition coefficient (Wildman–Crippen LogP) is 9.53. The van der Waals surface area contributed by atoms with Crippen LogP contribution in [-0.2, 0) is 0 Å². The summed E-state index contributed by atoms with van der Waals surface area (Å²) in [6.07, 6.45) is 0. The zero-order chi connectivity index (χ0) is 25.3. The van der Waals surface area contributed by atoms with Crippen LogP contribution in [0.25, 0.3) is 11.1 Å². The first-order valence-electron chi connectivity index (χ1n) is 12.1. The Labute approximate surface area is 217 Å². The van der Waals surface area contributed by atoms with Crippen LogP contribution in [-0.4, -0.2) is 0 Å². The molecule has 0 radical (unpaired) electrons. The molecule has 0 heterocycles. The zero-order valence-corrected chi connectivity index (χ0v) is 23.0. The quantitative estimate of drug-likeness (QED) is 0.185. The fraction of sp³-hybridized carbons (Fsp3) is 0.200. The molecule has 0 N–H and O–H groups in total. The van der Waals surface area contributed by atoms with E-state index in [0.29, 0.717) is 11.8 Å². The Balaban J connectivity index is 1.47. The van der Waals surface area contributed by atoms with Crippen LogP contribution >= 0.6 is 18.1 Å². The third-order valence-corrected chi connectivity index (χ3v) is 6.97. The third kappa shape index (κ3) is 6.58. The molecule has 2 atom stereocenters. The summed E-state index contributed by atoms with van der Waals surface area (Å²) in [4.78, 5) is 0. The minimum atomic E-state index is -0.171. The lowest BCUT2D eigenvalue weighted by atomic mass is 10.0. The molecule has 4 nitrogen and oxygen atoms in total. The summed E-state index contributed by atoms with van der Waals surface area (Å²) < 4.78 is 24.3. The van der Waals surface area contributed by atoms with E-state index in [2.05, 4.69) is 39.8 Å². The van der Waals surface area contributed by atoms with Gasteiger partial charge in [-0.15, -0.1) is 0 Å². The molecule has 0 saturated carbocycles. The smallest absolute Gasteiger partial charge is 0.275 e. The van der Waals surface area contributed by atoms with Gasteiger partial charge in [-0.1, -0.05) is 100 Å². The molecule has 0 fully saturated rings. The lowest BCUT2D eigenvalue weighted by Gasteiger charge is -2.17. The monoisotopic (exact) mass is 518 g/mol. The topological polar surface area (TPSA) is 36.9 Å². The lowest BCUT2D eigenvalue weighted by Crippen LogP contribution is -1.95. The highest BCUT2D eigenvalue weighted by Gasteiger charge is 2.14. The number of hydrogen-bond donors (Lipinski definition) is 0. The summed E-state index contributed by atoms with van der Waals surface area (Å²) in [5.74, 6) is 3.93. The van der Waals surface area contributed by atoms with Gasteiger partial charge >= 0.3 is 0 Å². The molecular weight excluding hydrogens is 486 g/mol. The molecule has 0 aliphatic carbocycles. The molecule has 36 heavy (non-hydrogen) atoms. The van der Waals surface area contributed by atoms with Crippen molar-refractivity contribution in [1.82, 2.24) is 0 Å². The first-order chi connectivity index (χ1) is 17.5. The Bertz CT molecular complexity index is 1170. The van der Waals surface area contributed by atoms with Crippen LogP contribution in [0.1, 0.15) is 50.7 Å². The summed E-state index contributed by atoms with van der Waals surface area (Å²) in [6.45, 7) is 8.63. The molecule has 6 heteroatoms. The van der Waals surface area contributed by atoms with Gasteiger partial charge in [-0.25, -0.2) is 0 Å². The van der Waals surface area contributed by atoms with E-state index in [1.165, 1.54) is 11.1 Å². The van der Waals surface area contributed by atoms with E-state index in [9.17, 15) is 0 Å². The second-order valence-electron chi connectivity index (χ2n) is 8.95. The Kier molecular flexibility index (Phi) is 9.23. The maximum Gasteiger partial charge on any atom is 0.275 e. The highest BCUT2D eigenvalue weighted by atomic mass is 31.1. The Morgan fingerprint density at radius 2 is 0.722 bits per heavy atom. The average Bonchev–Trinajstić information content (AvgIpc) is 2.90. The summed E-state index contributed by atoms with van der Waals surface area (Å²) in [6, 6.07) is 32.1. The largest absolute Gasteiger partial charge is 0.440 e. The molecule has 0 aromatic heterocycles. The summed E-state index contributed by atoms with van der Waals surface area (Å²) in [5.41, 5.74) is 4.21. The summed E-state index contributed by atoms with van der Waals surface area (Å²) in [7, 11) is -0.343. The second kappa shape index (κ2) is 12.8. The van der Waals surface area contributed by atoms with Crippen LogP contribution in [0.3, 0.4) is 0 Å². The third-order valence-electron chi connectivity index (χ3n) is 5.75. The van der Waals surface area contributed by atoms with Crippen molar-refractivity contribution in [3.05, 3.63) is 108 Å². The van der Waals surface area contributed by atoms with Crippen molar-refractivity contribution in [3.8, 4) is 34.1 Å². The van der Waals surface area contributed by atoms with Crippen LogP contribution in [0, 0.1) is 0 Å². The first-order valence-corrected chi connectivity index (χ1v) is 13.7. The molecular formula is C30H32O4P2. The molecule has 4 rings (SSSR count). The van der Waals surface area contributed by atoms with Crippen molar-refractivity contribution in [2.75, 3.05) is 0 Å². The number of hydrogen-bond acceptors (Lipinski definition) is 4. The van der Waals surface area contributed by atoms with Crippen molar-refractivity contribution in [1.29, 1.82) is 0 Å². The molecule has 2 unspecified atom stereocenters. The van der Waals surface area contributed by atoms with Crippen LogP contribution < -0.4 is 18.1 Å². The van der Waals surface area contributed by atoms with Crippen LogP contribution in [0.2, 0.25) is 0 Å². The molecule has 4 aromatic carbocycles. The van der Waals surface area contributed by atoms with Gasteiger partial charge in [-0.3, -0.25) is 0 Å². The van der Waals surface area contributed by atoms with Crippen LogP contribution in [0.5, 0.6) is 23.0 Å². The van der Waals surface area contributed by atoms with E-state index >= 15 is 0 Å². The van der Waals surface area contributed by atoms with Gasteiger partial charge in [0.2, 0.25) is 0 Å². The minimum absolute atomic E-state index is 0.171. The SMILES string of the molecule is CC(C)c1ccccc1OPOc1ccccc1-c1ccccc1OPOc1ccccc1C(C)C. The van der Waals surface area contributed by atoms with Crippen LogP contribution in [0.15, 0.2) is 97.1 Å². The normalized spacial score (nSPS) is 11.6. The molecule has 186 valence electrons. The number of para-hydroxylation sites is 4. The van der Waals surface area contributed by atoms with E-state index < -0.39 is 0 Å². The Hall–Kier alpha value is -3.06. The molecule has 0 saturated heterocycles. The zero-order valence-electron chi connectivity index (χ0n) is 21.0. The Morgan fingerprint density at radius 1 is 0.417 bits per heavy atom. The fourth-order valence-electron chi connectivity index (χ4n) is 3.88. The van der Waals surface area contributed by atoms with Crippen molar-refractivity contribution >= 4 is 18.1 Å². The van der Waals surface area contributed by atoms with Crippen molar-refractivity contribution in [3.63, 3.8) is 0 Å². The maximum atomic E-state index is 6.12. The first kappa shape index (κ1) is 26.0. The van der Waals surface area contributed by atoms with E-state index in [1.807, 2.05) is 84.9 Å². The molecule has 4 aromatic rings. The minimum Gasteiger partial charge on any atom is -0.440 e. The van der Waals surface area contributed by atoms with Crippen LogP contribution in [0.4, 0.5) is 0 Å². The molecule has 0 bridgehead atoms. The van der Waals surface area contributed by atoms with Crippen molar-refractivity contribution in [2.24, 2.45) is 0 Å². The van der Waals surface area contributed by atoms with Gasteiger partial charge in [0.1, 0.15) is 23.0 Å². The van der Waals surface area contributed by atoms with Gasteiger partial charge in [-0.2, -0.15) is 0 Å². The number of rotatable bonds is 11. The molecule has 0 aliphatic heterocycles. The standard InChI is InChI=1S/C30H32O4P2/c1-21(2)23-13-5-9-17-27(23)31-35-33-29-19-11-7-15-25(29)26-16-8-12-20-30(26)34-36-32-28-18-10-6-14-24(28)22(3)4/h5-22,35-36H,1-4H3. The van der Waals surface area contributed by atoms with Crippen molar-refractivity contribution in [2.45, 2.75) is 39.5 Å². The van der Waals surface area contributed by atoms with E-state index in [-0.39, 0.29) is 18.1 Å². The highest BCUT2D eigenvalue weighted by Crippen LogP contribution is 2.41. The van der Waals surface area contributed by atoms with Gasteiger partial charge in [-0.05, 0) is 47.2 Å². The van der Waals surface area contributed by atoms with Crippen molar-refractivity contribution < 1.29 is 18.1 Å². The van der Waals surface area contributed by atoms with E-state index in [4.69, 9.17) is 18.1 Å². The van der Waals surface area contributed by atoms with Gasteiger partial charge in [0.15, 0.2) is 0 Å². The van der Waals surface area contributed by atoms with Gasteiger partial charge in [0.05, 0.1) is 0 Å². The van der Waals surface area contributed by atoms with Gasteiger partial charge in [0, 0.05) is 11.1 Å². The van der Waals surface area contributed by atoms with Gasteiger partial charge < -0.3 is 18.1 Å². The average molecular weight is 519 g/mol. The fourth-order valence-corrected chi connectivity index (χ4v) is 5.05. The second-order valence-corrected chi connectivity index (χ2v) is 10.1. The predicted molar refractivity (Wildman–Crippen MR) is 152 cm³/mol. The van der Waals surface area contributed by atoms with Gasteiger partial charge in [0.25, 0.3) is 18.1 Å².